The third-order valence-corrected chi connectivity index (χ3v) is 4.94. The average Bonchev–Trinajstić information content (AvgIpc) is 2.62. The van der Waals surface area contributed by atoms with Crippen molar-refractivity contribution in [3.63, 3.8) is 0 Å². The Hall–Kier alpha value is -1.35. The highest BCUT2D eigenvalue weighted by atomic mass is 127. The number of ether oxygens (including phenoxy) is 2. The minimum Gasteiger partial charge on any atom is -0.465 e. The van der Waals surface area contributed by atoms with Gasteiger partial charge in [0.1, 0.15) is 0 Å². The lowest BCUT2D eigenvalue weighted by molar-refractivity contribution is 0.0600. The van der Waals surface area contributed by atoms with Gasteiger partial charge in [-0.05, 0) is 42.4 Å². The molecule has 0 aliphatic heterocycles. The zero-order valence-corrected chi connectivity index (χ0v) is 18.2. The lowest BCUT2D eigenvalue weighted by atomic mass is 9.67. The number of nitrogens with one attached hydrogen (secondary N) is 2. The lowest BCUT2D eigenvalue weighted by Crippen LogP contribution is -2.46. The second kappa shape index (κ2) is 11.4. The number of methoxy groups -OCH3 is 2. The highest BCUT2D eigenvalue weighted by Crippen LogP contribution is 2.43. The highest BCUT2D eigenvalue weighted by molar-refractivity contribution is 14.0. The standard InChI is InChI=1S/C19H29N3O3.HI/c1-20-18(22-14-19(9-4-10-19)11-12-24-2)21-13-15-5-7-16(8-6-15)17(23)25-3;/h5-8H,4,9-14H2,1-3H3,(H2,20,21,22);1H. The third-order valence-electron chi connectivity index (χ3n) is 4.94. The summed E-state index contributed by atoms with van der Waals surface area (Å²) in [6.07, 6.45) is 4.87. The molecule has 26 heavy (non-hydrogen) atoms. The number of halogens is 1. The molecule has 0 heterocycles. The second-order valence-electron chi connectivity index (χ2n) is 6.56. The van der Waals surface area contributed by atoms with Crippen LogP contribution in [-0.2, 0) is 16.0 Å². The maximum Gasteiger partial charge on any atom is 0.337 e. The molecule has 6 nitrogen and oxygen atoms in total. The Kier molecular flexibility index (Phi) is 9.93. The van der Waals surface area contributed by atoms with E-state index < -0.39 is 0 Å². The quantitative estimate of drug-likeness (QED) is 0.262. The first-order valence-electron chi connectivity index (χ1n) is 8.73. The number of benzene rings is 1. The average molecular weight is 475 g/mol. The van der Waals surface area contributed by atoms with Crippen molar-refractivity contribution in [3.05, 3.63) is 35.4 Å². The molecule has 0 amide bonds. The van der Waals surface area contributed by atoms with Crippen LogP contribution < -0.4 is 10.6 Å². The number of carbonyl (C=O) groups is 1. The summed E-state index contributed by atoms with van der Waals surface area (Å²) in [7, 11) is 4.92. The molecule has 2 N–H and O–H groups in total. The SMILES string of the molecule is CN=C(NCc1ccc(C(=O)OC)cc1)NCC1(CCOC)CCC1.I. The first-order valence-corrected chi connectivity index (χ1v) is 8.73. The van der Waals surface area contributed by atoms with Crippen LogP contribution in [0.4, 0.5) is 0 Å². The smallest absolute Gasteiger partial charge is 0.337 e. The van der Waals surface area contributed by atoms with E-state index in [0.717, 1.165) is 31.1 Å². The van der Waals surface area contributed by atoms with Crippen LogP contribution in [-0.4, -0.2) is 46.3 Å². The van der Waals surface area contributed by atoms with E-state index in [1.54, 1.807) is 26.3 Å². The summed E-state index contributed by atoms with van der Waals surface area (Å²) in [4.78, 5) is 15.7. The number of carbonyl (C=O) groups excluding carboxylic acids is 1. The van der Waals surface area contributed by atoms with Crippen molar-refractivity contribution in [1.82, 2.24) is 10.6 Å². The summed E-state index contributed by atoms with van der Waals surface area (Å²) in [6, 6.07) is 7.37. The molecule has 1 saturated carbocycles. The maximum atomic E-state index is 11.4. The molecule has 0 unspecified atom stereocenters. The number of hydrogen-bond acceptors (Lipinski definition) is 4. The van der Waals surface area contributed by atoms with Gasteiger partial charge < -0.3 is 20.1 Å². The molecule has 1 fully saturated rings. The summed E-state index contributed by atoms with van der Waals surface area (Å²) < 4.78 is 9.95. The van der Waals surface area contributed by atoms with Gasteiger partial charge in [0.25, 0.3) is 0 Å². The molecule has 2 rings (SSSR count). The van der Waals surface area contributed by atoms with Crippen molar-refractivity contribution in [3.8, 4) is 0 Å². The zero-order chi connectivity index (χ0) is 18.1. The Morgan fingerprint density at radius 2 is 1.88 bits per heavy atom. The number of nitrogens with zero attached hydrogens (tertiary/aromatic N) is 1. The number of guanidine groups is 1. The largest absolute Gasteiger partial charge is 0.465 e. The van der Waals surface area contributed by atoms with Crippen LogP contribution in [0.2, 0.25) is 0 Å². The number of esters is 1. The summed E-state index contributed by atoms with van der Waals surface area (Å²) >= 11 is 0. The van der Waals surface area contributed by atoms with Crippen LogP contribution in [0.25, 0.3) is 0 Å². The van der Waals surface area contributed by atoms with Gasteiger partial charge in [0.05, 0.1) is 12.7 Å². The molecule has 146 valence electrons. The Labute approximate surface area is 173 Å². The molecule has 1 aromatic rings. The van der Waals surface area contributed by atoms with Crippen LogP contribution in [0, 0.1) is 5.41 Å². The van der Waals surface area contributed by atoms with Gasteiger partial charge in [0.2, 0.25) is 0 Å². The van der Waals surface area contributed by atoms with E-state index in [0.29, 0.717) is 17.5 Å². The summed E-state index contributed by atoms with van der Waals surface area (Å²) in [6.45, 7) is 2.36. The summed E-state index contributed by atoms with van der Waals surface area (Å²) in [5.74, 6) is 0.472. The fourth-order valence-corrected chi connectivity index (χ4v) is 3.06. The van der Waals surface area contributed by atoms with Gasteiger partial charge in [-0.15, -0.1) is 24.0 Å². The van der Waals surface area contributed by atoms with Gasteiger partial charge in [0.15, 0.2) is 5.96 Å². The molecule has 1 aliphatic carbocycles. The summed E-state index contributed by atoms with van der Waals surface area (Å²) in [5, 5.41) is 6.76. The number of rotatable bonds is 8. The topological polar surface area (TPSA) is 72.0 Å². The Morgan fingerprint density at radius 1 is 1.19 bits per heavy atom. The van der Waals surface area contributed by atoms with Crippen molar-refractivity contribution in [2.45, 2.75) is 32.2 Å². The minimum atomic E-state index is -0.321. The first kappa shape index (κ1) is 22.7. The first-order chi connectivity index (χ1) is 12.1. The molecule has 0 bridgehead atoms. The van der Waals surface area contributed by atoms with Crippen molar-refractivity contribution in [2.24, 2.45) is 10.4 Å². The van der Waals surface area contributed by atoms with Crippen molar-refractivity contribution < 1.29 is 14.3 Å². The minimum absolute atomic E-state index is 0. The van der Waals surface area contributed by atoms with Gasteiger partial charge in [-0.1, -0.05) is 18.6 Å². The van der Waals surface area contributed by atoms with E-state index in [1.807, 2.05) is 12.1 Å². The second-order valence-corrected chi connectivity index (χ2v) is 6.56. The zero-order valence-electron chi connectivity index (χ0n) is 15.8. The van der Waals surface area contributed by atoms with Gasteiger partial charge >= 0.3 is 5.97 Å². The van der Waals surface area contributed by atoms with E-state index in [-0.39, 0.29) is 29.9 Å². The molecule has 0 spiro atoms. The van der Waals surface area contributed by atoms with Gasteiger partial charge in [-0.3, -0.25) is 4.99 Å². The van der Waals surface area contributed by atoms with Crippen molar-refractivity contribution in [2.75, 3.05) is 34.4 Å². The number of aliphatic imine (C=N–C) groups is 1. The fraction of sp³-hybridized carbons (Fsp3) is 0.579. The van der Waals surface area contributed by atoms with Gasteiger partial charge in [-0.25, -0.2) is 4.79 Å². The van der Waals surface area contributed by atoms with Crippen LogP contribution in [0.5, 0.6) is 0 Å². The van der Waals surface area contributed by atoms with E-state index >= 15 is 0 Å². The molecule has 1 aromatic carbocycles. The molecular formula is C19H30IN3O3. The highest BCUT2D eigenvalue weighted by Gasteiger charge is 2.36. The van der Waals surface area contributed by atoms with Crippen LogP contribution in [0.3, 0.4) is 0 Å². The molecule has 0 radical (unpaired) electrons. The fourth-order valence-electron chi connectivity index (χ4n) is 3.06. The monoisotopic (exact) mass is 475 g/mol. The molecule has 1 aliphatic rings. The van der Waals surface area contributed by atoms with Crippen LogP contribution in [0.1, 0.15) is 41.6 Å². The Balaban J connectivity index is 0.00000338. The van der Waals surface area contributed by atoms with Gasteiger partial charge in [0, 0.05) is 33.9 Å². The van der Waals surface area contributed by atoms with Crippen LogP contribution >= 0.6 is 24.0 Å². The predicted molar refractivity (Wildman–Crippen MR) is 114 cm³/mol. The third kappa shape index (κ3) is 6.42. The predicted octanol–water partition coefficient (Wildman–Crippen LogP) is 2.96. The molecule has 0 aromatic heterocycles. The summed E-state index contributed by atoms with van der Waals surface area (Å²) in [5.41, 5.74) is 1.97. The normalized spacial score (nSPS) is 15.4. The van der Waals surface area contributed by atoms with E-state index in [2.05, 4.69) is 15.6 Å². The van der Waals surface area contributed by atoms with Gasteiger partial charge in [-0.2, -0.15) is 0 Å². The van der Waals surface area contributed by atoms with Crippen molar-refractivity contribution >= 4 is 35.9 Å². The molecule has 7 heteroatoms. The van der Waals surface area contributed by atoms with Crippen LogP contribution in [0.15, 0.2) is 29.3 Å². The van der Waals surface area contributed by atoms with E-state index in [4.69, 9.17) is 9.47 Å². The Bertz CT molecular complexity index is 586. The van der Waals surface area contributed by atoms with Crippen molar-refractivity contribution in [1.29, 1.82) is 0 Å². The number of hydrogen-bond donors (Lipinski definition) is 2. The maximum absolute atomic E-state index is 11.4. The molecule has 0 atom stereocenters. The lowest BCUT2D eigenvalue weighted by Gasteiger charge is -2.42. The Morgan fingerprint density at radius 3 is 2.38 bits per heavy atom. The molecular weight excluding hydrogens is 445 g/mol. The molecule has 0 saturated heterocycles. The van der Waals surface area contributed by atoms with E-state index in [9.17, 15) is 4.79 Å². The van der Waals surface area contributed by atoms with E-state index in [1.165, 1.54) is 26.4 Å².